The fourth-order valence-corrected chi connectivity index (χ4v) is 3.79. The fraction of sp³-hybridized carbons (Fsp3) is 0.812. The van der Waals surface area contributed by atoms with Gasteiger partial charge in [-0.25, -0.2) is 0 Å². The van der Waals surface area contributed by atoms with Crippen LogP contribution in [0.15, 0.2) is 11.6 Å². The lowest BCUT2D eigenvalue weighted by molar-refractivity contribution is -0.177. The standard InChI is InChI=1S/C16H26O2/c1-6-11(2)16(5)8-7-12-13(9-16)18-14(17)10-15(12,3)4/h6,12-13H,7-10H2,1-5H3/b11-6+. The van der Waals surface area contributed by atoms with E-state index < -0.39 is 0 Å². The molecule has 0 aromatic rings. The maximum absolute atomic E-state index is 11.7. The van der Waals surface area contributed by atoms with Crippen molar-refractivity contribution in [3.8, 4) is 0 Å². The molecule has 102 valence electrons. The molecule has 0 bridgehead atoms. The van der Waals surface area contributed by atoms with Crippen molar-refractivity contribution in [2.45, 2.75) is 66.4 Å². The highest BCUT2D eigenvalue weighted by Gasteiger charge is 2.49. The smallest absolute Gasteiger partial charge is 0.306 e. The monoisotopic (exact) mass is 250 g/mol. The van der Waals surface area contributed by atoms with Crippen LogP contribution >= 0.6 is 0 Å². The summed E-state index contributed by atoms with van der Waals surface area (Å²) in [5.74, 6) is 0.525. The van der Waals surface area contributed by atoms with Crippen molar-refractivity contribution in [3.05, 3.63) is 11.6 Å². The van der Waals surface area contributed by atoms with Gasteiger partial charge < -0.3 is 4.74 Å². The van der Waals surface area contributed by atoms with Crippen LogP contribution < -0.4 is 0 Å². The summed E-state index contributed by atoms with van der Waals surface area (Å²) >= 11 is 0. The van der Waals surface area contributed by atoms with E-state index in [2.05, 4.69) is 40.7 Å². The Morgan fingerprint density at radius 1 is 1.39 bits per heavy atom. The highest BCUT2D eigenvalue weighted by Crippen LogP contribution is 2.52. The highest BCUT2D eigenvalue weighted by atomic mass is 16.5. The summed E-state index contributed by atoms with van der Waals surface area (Å²) in [6, 6.07) is 0. The number of carbonyl (C=O) groups excluding carboxylic acids is 1. The molecule has 2 aliphatic rings. The quantitative estimate of drug-likeness (QED) is 0.517. The van der Waals surface area contributed by atoms with Crippen LogP contribution in [0.25, 0.3) is 0 Å². The molecule has 1 aliphatic carbocycles. The minimum Gasteiger partial charge on any atom is -0.462 e. The van der Waals surface area contributed by atoms with Crippen LogP contribution in [0.5, 0.6) is 0 Å². The van der Waals surface area contributed by atoms with E-state index in [0.29, 0.717) is 12.3 Å². The van der Waals surface area contributed by atoms with E-state index in [0.717, 1.165) is 6.42 Å². The number of esters is 1. The number of fused-ring (bicyclic) bond motifs is 1. The fourth-order valence-electron chi connectivity index (χ4n) is 3.79. The molecule has 1 aliphatic heterocycles. The number of ether oxygens (including phenoxy) is 1. The van der Waals surface area contributed by atoms with Crippen LogP contribution in [0.2, 0.25) is 0 Å². The van der Waals surface area contributed by atoms with E-state index >= 15 is 0 Å². The van der Waals surface area contributed by atoms with E-state index in [1.807, 2.05) is 0 Å². The van der Waals surface area contributed by atoms with Crippen molar-refractivity contribution in [2.24, 2.45) is 16.7 Å². The molecule has 1 saturated carbocycles. The second-order valence-corrected chi connectivity index (χ2v) is 7.08. The van der Waals surface area contributed by atoms with Crippen molar-refractivity contribution in [1.82, 2.24) is 0 Å². The molecule has 0 radical (unpaired) electrons. The summed E-state index contributed by atoms with van der Waals surface area (Å²) in [5, 5.41) is 0. The van der Waals surface area contributed by atoms with E-state index in [9.17, 15) is 4.79 Å². The predicted molar refractivity (Wildman–Crippen MR) is 73.2 cm³/mol. The molecule has 3 unspecified atom stereocenters. The van der Waals surface area contributed by atoms with Gasteiger partial charge in [0.25, 0.3) is 0 Å². The Labute approximate surface area is 111 Å². The van der Waals surface area contributed by atoms with Gasteiger partial charge in [-0.3, -0.25) is 4.79 Å². The first-order chi connectivity index (χ1) is 8.28. The Bertz CT molecular complexity index is 381. The van der Waals surface area contributed by atoms with Crippen molar-refractivity contribution >= 4 is 5.97 Å². The largest absolute Gasteiger partial charge is 0.462 e. The van der Waals surface area contributed by atoms with Gasteiger partial charge in [0, 0.05) is 5.92 Å². The summed E-state index contributed by atoms with van der Waals surface area (Å²) < 4.78 is 5.65. The summed E-state index contributed by atoms with van der Waals surface area (Å²) in [4.78, 5) is 11.7. The van der Waals surface area contributed by atoms with Crippen molar-refractivity contribution in [1.29, 1.82) is 0 Å². The molecular weight excluding hydrogens is 224 g/mol. The molecule has 3 atom stereocenters. The Hall–Kier alpha value is -0.790. The highest BCUT2D eigenvalue weighted by molar-refractivity contribution is 5.71. The molecule has 0 spiro atoms. The lowest BCUT2D eigenvalue weighted by atomic mass is 9.59. The first kappa shape index (κ1) is 13.6. The Morgan fingerprint density at radius 2 is 2.06 bits per heavy atom. The summed E-state index contributed by atoms with van der Waals surface area (Å²) in [6.45, 7) is 11.1. The summed E-state index contributed by atoms with van der Waals surface area (Å²) in [6.07, 6.45) is 6.28. The van der Waals surface area contributed by atoms with Gasteiger partial charge in [-0.2, -0.15) is 0 Å². The lowest BCUT2D eigenvalue weighted by Crippen LogP contribution is -2.49. The average Bonchev–Trinajstić information content (AvgIpc) is 2.25. The zero-order valence-electron chi connectivity index (χ0n) is 12.4. The van der Waals surface area contributed by atoms with Gasteiger partial charge in [-0.1, -0.05) is 32.4 Å². The lowest BCUT2D eigenvalue weighted by Gasteiger charge is -2.50. The van der Waals surface area contributed by atoms with E-state index in [1.54, 1.807) is 0 Å². The minimum atomic E-state index is -0.0105. The van der Waals surface area contributed by atoms with Crippen LogP contribution in [0, 0.1) is 16.7 Å². The topological polar surface area (TPSA) is 26.3 Å². The van der Waals surface area contributed by atoms with Gasteiger partial charge >= 0.3 is 5.97 Å². The van der Waals surface area contributed by atoms with Gasteiger partial charge in [0.05, 0.1) is 6.42 Å². The Kier molecular flexibility index (Phi) is 3.33. The van der Waals surface area contributed by atoms with Crippen molar-refractivity contribution in [3.63, 3.8) is 0 Å². The van der Waals surface area contributed by atoms with Gasteiger partial charge in [-0.15, -0.1) is 0 Å². The Balaban J connectivity index is 2.22. The minimum absolute atomic E-state index is 0.0105. The summed E-state index contributed by atoms with van der Waals surface area (Å²) in [7, 11) is 0. The maximum Gasteiger partial charge on any atom is 0.306 e. The molecular formula is C16H26O2. The van der Waals surface area contributed by atoms with Gasteiger partial charge in [0.1, 0.15) is 6.10 Å². The van der Waals surface area contributed by atoms with Crippen LogP contribution in [-0.2, 0) is 9.53 Å². The number of allylic oxidation sites excluding steroid dienone is 2. The molecule has 2 nitrogen and oxygen atoms in total. The van der Waals surface area contributed by atoms with E-state index in [1.165, 1.54) is 18.4 Å². The molecule has 0 amide bonds. The van der Waals surface area contributed by atoms with Gasteiger partial charge in [0.15, 0.2) is 0 Å². The SMILES string of the molecule is C/C=C(\C)C1(C)CCC2C(C1)OC(=O)CC2(C)C. The van der Waals surface area contributed by atoms with Crippen LogP contribution in [0.3, 0.4) is 0 Å². The van der Waals surface area contributed by atoms with Crippen LogP contribution in [-0.4, -0.2) is 12.1 Å². The second kappa shape index (κ2) is 4.40. The molecule has 2 rings (SSSR count). The molecule has 0 aromatic heterocycles. The number of hydrogen-bond acceptors (Lipinski definition) is 2. The molecule has 0 aromatic carbocycles. The average molecular weight is 250 g/mol. The molecule has 0 N–H and O–H groups in total. The number of carbonyl (C=O) groups is 1. The molecule has 1 saturated heterocycles. The van der Waals surface area contributed by atoms with Crippen LogP contribution in [0.4, 0.5) is 0 Å². The number of rotatable bonds is 1. The predicted octanol–water partition coefficient (Wildman–Crippen LogP) is 4.10. The third-order valence-electron chi connectivity index (χ3n) is 5.38. The Morgan fingerprint density at radius 3 is 2.67 bits per heavy atom. The molecule has 2 heteroatoms. The first-order valence-electron chi connectivity index (χ1n) is 7.11. The third kappa shape index (κ3) is 2.22. The zero-order valence-corrected chi connectivity index (χ0v) is 12.4. The van der Waals surface area contributed by atoms with Crippen molar-refractivity contribution < 1.29 is 9.53 Å². The van der Waals surface area contributed by atoms with E-state index in [-0.39, 0.29) is 22.9 Å². The maximum atomic E-state index is 11.7. The van der Waals surface area contributed by atoms with Gasteiger partial charge in [-0.05, 0) is 43.9 Å². The van der Waals surface area contributed by atoms with E-state index in [4.69, 9.17) is 4.74 Å². The van der Waals surface area contributed by atoms with Crippen LogP contribution in [0.1, 0.15) is 60.3 Å². The first-order valence-corrected chi connectivity index (χ1v) is 7.11. The van der Waals surface area contributed by atoms with Crippen molar-refractivity contribution in [2.75, 3.05) is 0 Å². The third-order valence-corrected chi connectivity index (χ3v) is 5.38. The second-order valence-electron chi connectivity index (χ2n) is 7.08. The molecule has 18 heavy (non-hydrogen) atoms. The number of hydrogen-bond donors (Lipinski definition) is 0. The molecule has 1 heterocycles. The normalized spacial score (nSPS) is 40.1. The van der Waals surface area contributed by atoms with Gasteiger partial charge in [0.2, 0.25) is 0 Å². The summed E-state index contributed by atoms with van der Waals surface area (Å²) in [5.41, 5.74) is 1.75. The zero-order chi connectivity index (χ0) is 13.6. The molecule has 2 fully saturated rings.